The summed E-state index contributed by atoms with van der Waals surface area (Å²) >= 11 is 6.04. The van der Waals surface area contributed by atoms with Crippen LogP contribution in [-0.2, 0) is 4.79 Å². The Hall–Kier alpha value is -1.09. The predicted octanol–water partition coefficient (Wildman–Crippen LogP) is 3.84. The van der Waals surface area contributed by atoms with Crippen LogP contribution in [0.3, 0.4) is 0 Å². The molecule has 0 saturated heterocycles. The van der Waals surface area contributed by atoms with Gasteiger partial charge in [-0.25, -0.2) is 4.39 Å². The Morgan fingerprint density at radius 2 is 2.06 bits per heavy atom. The number of hydrogen-bond donors (Lipinski definition) is 1. The van der Waals surface area contributed by atoms with Gasteiger partial charge in [0, 0.05) is 5.02 Å². The van der Waals surface area contributed by atoms with Crippen molar-refractivity contribution in [1.82, 2.24) is 0 Å². The molecule has 0 aliphatic heterocycles. The van der Waals surface area contributed by atoms with Crippen molar-refractivity contribution in [1.29, 1.82) is 0 Å². The second-order valence-electron chi connectivity index (χ2n) is 4.50. The normalized spacial score (nSPS) is 24.6. The molecule has 1 aliphatic carbocycles. The van der Waals surface area contributed by atoms with Gasteiger partial charge >= 0.3 is 5.97 Å². The van der Waals surface area contributed by atoms with Gasteiger partial charge in [0.05, 0.1) is 5.92 Å². The van der Waals surface area contributed by atoms with E-state index in [0.717, 1.165) is 19.3 Å². The lowest BCUT2D eigenvalue weighted by Gasteiger charge is -2.29. The highest BCUT2D eigenvalue weighted by molar-refractivity contribution is 6.31. The van der Waals surface area contributed by atoms with Crippen molar-refractivity contribution in [2.75, 3.05) is 0 Å². The van der Waals surface area contributed by atoms with Gasteiger partial charge in [-0.1, -0.05) is 24.4 Å². The average molecular weight is 257 g/mol. The number of carbonyl (C=O) groups is 1. The number of aliphatic carboxylic acids is 1. The number of benzene rings is 1. The largest absolute Gasteiger partial charge is 0.481 e. The molecule has 1 saturated carbocycles. The molecule has 17 heavy (non-hydrogen) atoms. The van der Waals surface area contributed by atoms with Gasteiger partial charge in [0.1, 0.15) is 5.82 Å². The van der Waals surface area contributed by atoms with Crippen molar-refractivity contribution in [3.05, 3.63) is 34.6 Å². The molecule has 0 radical (unpaired) electrons. The Morgan fingerprint density at radius 1 is 1.35 bits per heavy atom. The predicted molar refractivity (Wildman–Crippen MR) is 63.7 cm³/mol. The van der Waals surface area contributed by atoms with E-state index in [1.165, 1.54) is 18.2 Å². The summed E-state index contributed by atoms with van der Waals surface area (Å²) < 4.78 is 13.2. The Bertz CT molecular complexity index is 433. The van der Waals surface area contributed by atoms with Gasteiger partial charge in [-0.15, -0.1) is 0 Å². The van der Waals surface area contributed by atoms with E-state index >= 15 is 0 Å². The molecule has 92 valence electrons. The van der Waals surface area contributed by atoms with E-state index in [1.54, 1.807) is 0 Å². The maximum atomic E-state index is 13.2. The van der Waals surface area contributed by atoms with Gasteiger partial charge in [0.25, 0.3) is 0 Å². The topological polar surface area (TPSA) is 37.3 Å². The first-order chi connectivity index (χ1) is 8.09. The van der Waals surface area contributed by atoms with Crippen LogP contribution >= 0.6 is 11.6 Å². The minimum absolute atomic E-state index is 0.163. The average Bonchev–Trinajstić information content (AvgIpc) is 2.32. The van der Waals surface area contributed by atoms with Crippen molar-refractivity contribution in [3.8, 4) is 0 Å². The fraction of sp³-hybridized carbons (Fsp3) is 0.462. The molecular formula is C13H14ClFO2. The maximum Gasteiger partial charge on any atom is 0.307 e. The van der Waals surface area contributed by atoms with E-state index in [1.807, 2.05) is 0 Å². The highest BCUT2D eigenvalue weighted by Gasteiger charge is 2.33. The summed E-state index contributed by atoms with van der Waals surface area (Å²) in [6.45, 7) is 0. The van der Waals surface area contributed by atoms with E-state index in [2.05, 4.69) is 0 Å². The van der Waals surface area contributed by atoms with Gasteiger partial charge in [0.15, 0.2) is 0 Å². The van der Waals surface area contributed by atoms with Crippen molar-refractivity contribution in [3.63, 3.8) is 0 Å². The van der Waals surface area contributed by atoms with Crippen molar-refractivity contribution >= 4 is 17.6 Å². The third kappa shape index (κ3) is 2.60. The van der Waals surface area contributed by atoms with Crippen LogP contribution in [-0.4, -0.2) is 11.1 Å². The fourth-order valence-electron chi connectivity index (χ4n) is 2.60. The highest BCUT2D eigenvalue weighted by Crippen LogP contribution is 2.40. The second-order valence-corrected chi connectivity index (χ2v) is 4.91. The monoisotopic (exact) mass is 256 g/mol. The van der Waals surface area contributed by atoms with Crippen LogP contribution in [0, 0.1) is 11.7 Å². The number of hydrogen-bond acceptors (Lipinski definition) is 1. The lowest BCUT2D eigenvalue weighted by Crippen LogP contribution is -2.25. The summed E-state index contributed by atoms with van der Waals surface area (Å²) in [5.74, 6) is -1.78. The maximum absolute atomic E-state index is 13.2. The van der Waals surface area contributed by atoms with Gasteiger partial charge in [-0.05, 0) is 42.5 Å². The summed E-state index contributed by atoms with van der Waals surface area (Å²) in [6, 6.07) is 4.17. The summed E-state index contributed by atoms with van der Waals surface area (Å²) in [4.78, 5) is 11.2. The fourth-order valence-corrected chi connectivity index (χ4v) is 2.86. The molecule has 1 N–H and O–H groups in total. The van der Waals surface area contributed by atoms with Crippen molar-refractivity contribution in [2.24, 2.45) is 5.92 Å². The zero-order valence-corrected chi connectivity index (χ0v) is 10.1. The van der Waals surface area contributed by atoms with Crippen molar-refractivity contribution < 1.29 is 14.3 Å². The molecule has 2 rings (SSSR count). The Labute approximate surface area is 104 Å². The van der Waals surface area contributed by atoms with Crippen LogP contribution in [0.4, 0.5) is 4.39 Å². The molecule has 2 unspecified atom stereocenters. The van der Waals surface area contributed by atoms with Crippen LogP contribution in [0.5, 0.6) is 0 Å². The van der Waals surface area contributed by atoms with Gasteiger partial charge in [-0.3, -0.25) is 4.79 Å². The van der Waals surface area contributed by atoms with E-state index < -0.39 is 11.9 Å². The first kappa shape index (κ1) is 12.4. The number of halogens is 2. The summed E-state index contributed by atoms with van der Waals surface area (Å²) in [5, 5.41) is 9.66. The molecule has 0 spiro atoms. The third-order valence-electron chi connectivity index (χ3n) is 3.44. The Morgan fingerprint density at radius 3 is 2.76 bits per heavy atom. The highest BCUT2D eigenvalue weighted by atomic mass is 35.5. The molecule has 4 heteroatoms. The van der Waals surface area contributed by atoms with Crippen LogP contribution < -0.4 is 0 Å². The minimum Gasteiger partial charge on any atom is -0.481 e. The molecule has 0 amide bonds. The molecule has 0 heterocycles. The molecular weight excluding hydrogens is 243 g/mol. The number of rotatable bonds is 2. The standard InChI is InChI=1S/C13H14ClFO2/c14-12-6-5-8(15)7-11(12)9-3-1-2-4-10(9)13(16)17/h5-7,9-10H,1-4H2,(H,16,17). The lowest BCUT2D eigenvalue weighted by molar-refractivity contribution is -0.143. The first-order valence-electron chi connectivity index (χ1n) is 5.77. The quantitative estimate of drug-likeness (QED) is 0.873. The molecule has 0 aromatic heterocycles. The van der Waals surface area contributed by atoms with Crippen LogP contribution in [0.25, 0.3) is 0 Å². The summed E-state index contributed by atoms with van der Waals surface area (Å²) in [7, 11) is 0. The van der Waals surface area contributed by atoms with Crippen LogP contribution in [0.2, 0.25) is 5.02 Å². The zero-order chi connectivity index (χ0) is 12.4. The van der Waals surface area contributed by atoms with Gasteiger partial charge < -0.3 is 5.11 Å². The number of carboxylic acids is 1. The zero-order valence-electron chi connectivity index (χ0n) is 9.33. The van der Waals surface area contributed by atoms with Crippen LogP contribution in [0.15, 0.2) is 18.2 Å². The molecule has 0 bridgehead atoms. The van der Waals surface area contributed by atoms with Gasteiger partial charge in [0.2, 0.25) is 0 Å². The summed E-state index contributed by atoms with van der Waals surface area (Å²) in [5.41, 5.74) is 0.638. The van der Waals surface area contributed by atoms with Crippen molar-refractivity contribution in [2.45, 2.75) is 31.6 Å². The second kappa shape index (κ2) is 5.05. The smallest absolute Gasteiger partial charge is 0.307 e. The van der Waals surface area contributed by atoms with E-state index in [0.29, 0.717) is 17.0 Å². The Balaban J connectivity index is 2.35. The summed E-state index contributed by atoms with van der Waals surface area (Å²) in [6.07, 6.45) is 3.30. The molecule has 2 atom stereocenters. The molecule has 1 aliphatic rings. The van der Waals surface area contributed by atoms with Gasteiger partial charge in [-0.2, -0.15) is 0 Å². The molecule has 1 fully saturated rings. The van der Waals surface area contributed by atoms with E-state index in [-0.39, 0.29) is 11.7 Å². The minimum atomic E-state index is -0.810. The lowest BCUT2D eigenvalue weighted by atomic mass is 9.75. The first-order valence-corrected chi connectivity index (χ1v) is 6.15. The third-order valence-corrected chi connectivity index (χ3v) is 3.78. The SMILES string of the molecule is O=C(O)C1CCCCC1c1cc(F)ccc1Cl. The molecule has 1 aromatic rings. The number of carboxylic acid groups (broad SMARTS) is 1. The molecule has 1 aromatic carbocycles. The van der Waals surface area contributed by atoms with Crippen LogP contribution in [0.1, 0.15) is 37.2 Å². The Kier molecular flexibility index (Phi) is 3.67. The van der Waals surface area contributed by atoms with E-state index in [4.69, 9.17) is 11.6 Å². The van der Waals surface area contributed by atoms with E-state index in [9.17, 15) is 14.3 Å². The molecule has 2 nitrogen and oxygen atoms in total.